The molecule has 3 nitrogen and oxygen atoms in total. The molecular formula is C7H12N2O. The van der Waals surface area contributed by atoms with E-state index in [4.69, 9.17) is 0 Å². The number of nitrogens with one attached hydrogen (secondary N) is 1. The average Bonchev–Trinajstić information content (AvgIpc) is 1.86. The Morgan fingerprint density at radius 1 is 1.80 bits per heavy atom. The molecule has 10 heavy (non-hydrogen) atoms. The maximum absolute atomic E-state index is 10.4. The Morgan fingerprint density at radius 3 is 2.70 bits per heavy atom. The Bertz CT molecular complexity index is 187. The molecule has 0 atom stereocenters. The minimum atomic E-state index is -0.166. The maximum atomic E-state index is 10.4. The molecule has 0 bridgehead atoms. The Morgan fingerprint density at radius 2 is 2.40 bits per heavy atom. The van der Waals surface area contributed by atoms with E-state index in [9.17, 15) is 4.79 Å². The van der Waals surface area contributed by atoms with E-state index in [-0.39, 0.29) is 7.33 Å². The summed E-state index contributed by atoms with van der Waals surface area (Å²) in [6.45, 7) is 8.10. The summed E-state index contributed by atoms with van der Waals surface area (Å²) in [6.07, 6.45) is 3.09. The van der Waals surface area contributed by atoms with Crippen LogP contribution >= 0.6 is 0 Å². The van der Waals surface area contributed by atoms with E-state index >= 15 is 0 Å². The van der Waals surface area contributed by atoms with E-state index in [0.29, 0.717) is 5.82 Å². The number of allylic oxidation sites excluding steroid dienone is 2. The molecule has 1 amide bonds. The van der Waals surface area contributed by atoms with Gasteiger partial charge < -0.3 is 5.32 Å². The van der Waals surface area contributed by atoms with Gasteiger partial charge >= 0.3 is 0 Å². The molecule has 0 aromatic heterocycles. The lowest BCUT2D eigenvalue weighted by atomic mass is 10.5. The van der Waals surface area contributed by atoms with Crippen molar-refractivity contribution in [3.05, 3.63) is 24.6 Å². The molecule has 0 fully saturated rings. The van der Waals surface area contributed by atoms with Crippen molar-refractivity contribution in [3.63, 3.8) is 0 Å². The highest BCUT2D eigenvalue weighted by Crippen LogP contribution is 1.88. The summed E-state index contributed by atoms with van der Waals surface area (Å²) in [5.74, 6) is 0.253. The molecule has 56 valence electrons. The van der Waals surface area contributed by atoms with Gasteiger partial charge in [-0.3, -0.25) is 4.79 Å². The Balaban J connectivity index is 0. The highest BCUT2D eigenvalue weighted by Gasteiger charge is 1.91. The molecule has 0 rings (SSSR count). The Kier molecular flexibility index (Phi) is 3.87. The van der Waals surface area contributed by atoms with Crippen molar-refractivity contribution in [1.82, 2.24) is 5.32 Å². The van der Waals surface area contributed by atoms with Crippen molar-refractivity contribution in [2.24, 2.45) is 4.99 Å². The molecule has 0 saturated heterocycles. The zero-order valence-corrected chi connectivity index (χ0v) is 5.92. The van der Waals surface area contributed by atoms with Crippen LogP contribution in [0.2, 0.25) is 0 Å². The van der Waals surface area contributed by atoms with Crippen LogP contribution in [-0.2, 0) is 4.79 Å². The summed E-state index contributed by atoms with van der Waals surface area (Å²) in [7, 11) is 0. The summed E-state index contributed by atoms with van der Waals surface area (Å²) in [5, 5.41) is 2.45. The van der Waals surface area contributed by atoms with Crippen molar-refractivity contribution in [2.45, 2.75) is 6.92 Å². The topological polar surface area (TPSA) is 41.5 Å². The Hall–Kier alpha value is -1.38. The number of rotatable bonds is 3. The molecule has 0 radical (unpaired) electrons. The van der Waals surface area contributed by atoms with Gasteiger partial charge in [0.1, 0.15) is 5.82 Å². The van der Waals surface area contributed by atoms with Crippen LogP contribution in [0.15, 0.2) is 29.5 Å². The summed E-state index contributed by atoms with van der Waals surface area (Å²) < 4.78 is 0. The third-order valence-electron chi connectivity index (χ3n) is 0.750. The monoisotopic (exact) mass is 140 g/mol. The predicted octanol–water partition coefficient (Wildman–Crippen LogP) is 1.10. The van der Waals surface area contributed by atoms with E-state index in [1.807, 2.05) is 0 Å². The molecule has 0 unspecified atom stereocenters. The molecule has 0 aromatic rings. The highest BCUT2D eigenvalue weighted by atomic mass is 16.1. The van der Waals surface area contributed by atoms with Crippen LogP contribution in [0.5, 0.6) is 0 Å². The summed E-state index contributed by atoms with van der Waals surface area (Å²) in [6, 6.07) is 0. The van der Waals surface area contributed by atoms with E-state index in [0.717, 1.165) is 0 Å². The van der Waals surface area contributed by atoms with Crippen molar-refractivity contribution in [3.8, 4) is 0 Å². The first kappa shape index (κ1) is 8.62. The second-order valence-electron chi connectivity index (χ2n) is 1.63. The number of nitrogens with zero attached hydrogens (tertiary/aromatic N) is 1. The van der Waals surface area contributed by atoms with Crippen LogP contribution in [0.3, 0.4) is 0 Å². The van der Waals surface area contributed by atoms with Gasteiger partial charge in [0.25, 0.3) is 0 Å². The van der Waals surface area contributed by atoms with Crippen LogP contribution < -0.4 is 5.32 Å². The smallest absolute Gasteiger partial charge is 0.222 e. The van der Waals surface area contributed by atoms with Crippen molar-refractivity contribution >= 4 is 12.6 Å². The normalized spacial score (nSPS) is 10.3. The van der Waals surface area contributed by atoms with Crippen molar-refractivity contribution < 1.29 is 6.22 Å². The lowest BCUT2D eigenvalue weighted by Crippen LogP contribution is -2.17. The average molecular weight is 140 g/mol. The van der Waals surface area contributed by atoms with Crippen molar-refractivity contribution in [1.29, 1.82) is 0 Å². The molecule has 0 aliphatic heterocycles. The summed E-state index contributed by atoms with van der Waals surface area (Å²) >= 11 is 0. The van der Waals surface area contributed by atoms with E-state index in [1.54, 1.807) is 6.08 Å². The summed E-state index contributed by atoms with van der Waals surface area (Å²) in [4.78, 5) is 13.9. The first-order chi connectivity index (χ1) is 4.70. The molecule has 0 heterocycles. The van der Waals surface area contributed by atoms with Crippen molar-refractivity contribution in [2.75, 3.05) is 0 Å². The van der Waals surface area contributed by atoms with Gasteiger partial charge in [-0.2, -0.15) is 0 Å². The summed E-state index contributed by atoms with van der Waals surface area (Å²) in [5.41, 5.74) is 0. The molecule has 0 aliphatic rings. The van der Waals surface area contributed by atoms with Gasteiger partial charge in [-0.05, 0) is 12.8 Å². The number of carbonyl (C=O) groups is 1. The van der Waals surface area contributed by atoms with Crippen LogP contribution in [0, 0.1) is 0 Å². The standard InChI is InChI=1S/C7H10N2O.H2/c1-4-5-7(8-3)9-6(2)10;/h4-5H,1,3H2,2H3,(H,9,10);1H/b7-5+;. The third-order valence-corrected chi connectivity index (χ3v) is 0.750. The molecule has 0 aromatic carbocycles. The largest absolute Gasteiger partial charge is 0.311 e. The molecule has 0 saturated carbocycles. The SMILES string of the molecule is C=C/C=C(\N=C)NC(C)=O.[HH]. The van der Waals surface area contributed by atoms with E-state index < -0.39 is 0 Å². The number of hydrogen-bond donors (Lipinski definition) is 1. The first-order valence-corrected chi connectivity index (χ1v) is 2.77. The van der Waals surface area contributed by atoms with Crippen LogP contribution in [0.4, 0.5) is 0 Å². The van der Waals surface area contributed by atoms with Gasteiger partial charge in [0, 0.05) is 8.35 Å². The fraction of sp³-hybridized carbons (Fsp3) is 0.143. The van der Waals surface area contributed by atoms with Gasteiger partial charge in [0.2, 0.25) is 5.91 Å². The highest BCUT2D eigenvalue weighted by molar-refractivity contribution is 5.75. The third kappa shape index (κ3) is 3.60. The van der Waals surface area contributed by atoms with E-state index in [2.05, 4.69) is 23.6 Å². The van der Waals surface area contributed by atoms with E-state index in [1.165, 1.54) is 13.0 Å². The number of aliphatic imine (C=N–C) groups is 1. The molecule has 3 heteroatoms. The van der Waals surface area contributed by atoms with Gasteiger partial charge in [-0.15, -0.1) is 0 Å². The molecular weight excluding hydrogens is 128 g/mol. The molecule has 0 aliphatic carbocycles. The maximum Gasteiger partial charge on any atom is 0.222 e. The minimum absolute atomic E-state index is 0. The fourth-order valence-electron chi connectivity index (χ4n) is 0.426. The lowest BCUT2D eigenvalue weighted by Gasteiger charge is -1.97. The number of hydrogen-bond acceptors (Lipinski definition) is 2. The van der Waals surface area contributed by atoms with Gasteiger partial charge in [-0.25, -0.2) is 4.99 Å². The quantitative estimate of drug-likeness (QED) is 0.463. The second kappa shape index (κ2) is 4.49. The van der Waals surface area contributed by atoms with Crippen LogP contribution in [0.1, 0.15) is 8.35 Å². The zero-order chi connectivity index (χ0) is 7.98. The molecule has 1 N–H and O–H groups in total. The van der Waals surface area contributed by atoms with Gasteiger partial charge in [0.15, 0.2) is 0 Å². The predicted molar refractivity (Wildman–Crippen MR) is 43.8 cm³/mol. The lowest BCUT2D eigenvalue weighted by molar-refractivity contribution is -0.118. The Labute approximate surface area is 61.6 Å². The second-order valence-corrected chi connectivity index (χ2v) is 1.63. The minimum Gasteiger partial charge on any atom is -0.311 e. The number of carbonyl (C=O) groups excluding carboxylic acids is 1. The van der Waals surface area contributed by atoms with Gasteiger partial charge in [0.05, 0.1) is 0 Å². The zero-order valence-electron chi connectivity index (χ0n) is 5.92. The van der Waals surface area contributed by atoms with Crippen LogP contribution in [0.25, 0.3) is 0 Å². The number of amides is 1. The van der Waals surface area contributed by atoms with Gasteiger partial charge in [-0.1, -0.05) is 12.7 Å². The molecule has 0 spiro atoms. The fourth-order valence-corrected chi connectivity index (χ4v) is 0.426. The van der Waals surface area contributed by atoms with Crippen LogP contribution in [-0.4, -0.2) is 12.6 Å². The first-order valence-electron chi connectivity index (χ1n) is 2.77.